The van der Waals surface area contributed by atoms with Gasteiger partial charge in [-0.3, -0.25) is 4.79 Å². The standard InChI is InChI=1S/C18H23N3O5S/c1-21(2)27(24,25)20-14-6-3-12(4-7-14)18(23)19-15-8-9-16-13(11-15)5-10-17(22)26-16/h5,8-12,14,20H,3-4,6-7H2,1-2H3,(H,19,23)/t12-,14-. The molecule has 8 nitrogen and oxygen atoms in total. The summed E-state index contributed by atoms with van der Waals surface area (Å²) in [5.74, 6) is -0.241. The summed E-state index contributed by atoms with van der Waals surface area (Å²) in [4.78, 5) is 23.7. The van der Waals surface area contributed by atoms with Gasteiger partial charge in [-0.2, -0.15) is 17.4 Å². The van der Waals surface area contributed by atoms with Crippen LogP contribution in [0, 0.1) is 5.92 Å². The lowest BCUT2D eigenvalue weighted by atomic mass is 9.86. The highest BCUT2D eigenvalue weighted by molar-refractivity contribution is 7.87. The van der Waals surface area contributed by atoms with Gasteiger partial charge < -0.3 is 9.73 Å². The van der Waals surface area contributed by atoms with E-state index in [4.69, 9.17) is 4.42 Å². The molecular weight excluding hydrogens is 370 g/mol. The summed E-state index contributed by atoms with van der Waals surface area (Å²) in [6, 6.07) is 7.94. The number of hydrogen-bond acceptors (Lipinski definition) is 5. The SMILES string of the molecule is CN(C)S(=O)(=O)N[C@H]1CC[C@H](C(=O)Nc2ccc3oc(=O)ccc3c2)CC1. The molecule has 1 aromatic heterocycles. The van der Waals surface area contributed by atoms with E-state index in [1.54, 1.807) is 24.3 Å². The number of fused-ring (bicyclic) bond motifs is 1. The molecule has 2 N–H and O–H groups in total. The van der Waals surface area contributed by atoms with Crippen LogP contribution in [0.5, 0.6) is 0 Å². The largest absolute Gasteiger partial charge is 0.423 e. The Labute approximate surface area is 157 Å². The van der Waals surface area contributed by atoms with Gasteiger partial charge in [0.1, 0.15) is 5.58 Å². The summed E-state index contributed by atoms with van der Waals surface area (Å²) in [7, 11) is -0.492. The van der Waals surface area contributed by atoms with Crippen LogP contribution >= 0.6 is 0 Å². The summed E-state index contributed by atoms with van der Waals surface area (Å²) < 4.78 is 32.7. The van der Waals surface area contributed by atoms with Crippen molar-refractivity contribution in [1.29, 1.82) is 0 Å². The highest BCUT2D eigenvalue weighted by atomic mass is 32.2. The van der Waals surface area contributed by atoms with Gasteiger partial charge in [-0.1, -0.05) is 0 Å². The Balaban J connectivity index is 1.58. The first kappa shape index (κ1) is 19.5. The maximum absolute atomic E-state index is 12.5. The van der Waals surface area contributed by atoms with Gasteiger partial charge in [0.25, 0.3) is 10.2 Å². The normalized spacial score (nSPS) is 20.7. The molecule has 1 aromatic carbocycles. The number of benzene rings is 1. The molecule has 1 fully saturated rings. The molecule has 1 aliphatic rings. The second-order valence-corrected chi connectivity index (χ2v) is 8.87. The van der Waals surface area contributed by atoms with Gasteiger partial charge in [-0.15, -0.1) is 0 Å². The Morgan fingerprint density at radius 2 is 1.81 bits per heavy atom. The van der Waals surface area contributed by atoms with Gasteiger partial charge in [-0.25, -0.2) is 4.79 Å². The van der Waals surface area contributed by atoms with Crippen LogP contribution in [0.2, 0.25) is 0 Å². The van der Waals surface area contributed by atoms with E-state index in [0.29, 0.717) is 37.0 Å². The Bertz CT molecular complexity index is 991. The molecular formula is C18H23N3O5S. The number of nitrogens with one attached hydrogen (secondary N) is 2. The molecule has 0 saturated heterocycles. The van der Waals surface area contributed by atoms with Gasteiger partial charge in [0.15, 0.2) is 0 Å². The number of nitrogens with zero attached hydrogens (tertiary/aromatic N) is 1. The van der Waals surface area contributed by atoms with Gasteiger partial charge in [0.2, 0.25) is 5.91 Å². The Morgan fingerprint density at radius 1 is 1.11 bits per heavy atom. The fourth-order valence-corrected chi connectivity index (χ4v) is 4.05. The van der Waals surface area contributed by atoms with E-state index in [0.717, 1.165) is 9.69 Å². The Kier molecular flexibility index (Phi) is 5.64. The minimum absolute atomic E-state index is 0.0827. The average molecular weight is 393 g/mol. The monoisotopic (exact) mass is 393 g/mol. The third-order valence-corrected chi connectivity index (χ3v) is 6.37. The van der Waals surface area contributed by atoms with Crippen molar-refractivity contribution in [2.24, 2.45) is 5.92 Å². The molecule has 1 heterocycles. The summed E-state index contributed by atoms with van der Waals surface area (Å²) in [6.45, 7) is 0. The van der Waals surface area contributed by atoms with Crippen LogP contribution in [-0.4, -0.2) is 38.8 Å². The first-order chi connectivity index (χ1) is 12.7. The first-order valence-corrected chi connectivity index (χ1v) is 10.2. The van der Waals surface area contributed by atoms with Crippen LogP contribution in [0.15, 0.2) is 39.5 Å². The lowest BCUT2D eigenvalue weighted by molar-refractivity contribution is -0.120. The van der Waals surface area contributed by atoms with Crippen molar-refractivity contribution >= 4 is 32.8 Å². The predicted molar refractivity (Wildman–Crippen MR) is 103 cm³/mol. The second-order valence-electron chi connectivity index (χ2n) is 6.95. The number of carbonyl (C=O) groups is 1. The summed E-state index contributed by atoms with van der Waals surface area (Å²) in [5.41, 5.74) is 0.687. The van der Waals surface area contributed by atoms with E-state index in [-0.39, 0.29) is 17.9 Å². The molecule has 0 unspecified atom stereocenters. The van der Waals surface area contributed by atoms with E-state index in [9.17, 15) is 18.0 Å². The number of carbonyl (C=O) groups excluding carboxylic acids is 1. The molecule has 1 amide bonds. The second kappa shape index (κ2) is 7.79. The van der Waals surface area contributed by atoms with Crippen molar-refractivity contribution in [2.75, 3.05) is 19.4 Å². The molecule has 2 aromatic rings. The fourth-order valence-electron chi connectivity index (χ4n) is 3.18. The minimum Gasteiger partial charge on any atom is -0.423 e. The van der Waals surface area contributed by atoms with Crippen molar-refractivity contribution in [3.8, 4) is 0 Å². The quantitative estimate of drug-likeness (QED) is 0.752. The predicted octanol–water partition coefficient (Wildman–Crippen LogP) is 1.69. The maximum atomic E-state index is 12.5. The molecule has 1 saturated carbocycles. The van der Waals surface area contributed by atoms with E-state index in [1.165, 1.54) is 20.2 Å². The van der Waals surface area contributed by atoms with Crippen molar-refractivity contribution in [2.45, 2.75) is 31.7 Å². The molecule has 0 spiro atoms. The van der Waals surface area contributed by atoms with Gasteiger partial charge in [0, 0.05) is 43.2 Å². The lowest BCUT2D eigenvalue weighted by Crippen LogP contribution is -2.44. The Hall–Kier alpha value is -2.23. The molecule has 1 aliphatic carbocycles. The molecule has 0 bridgehead atoms. The number of rotatable bonds is 5. The highest BCUT2D eigenvalue weighted by Crippen LogP contribution is 2.27. The topological polar surface area (TPSA) is 109 Å². The highest BCUT2D eigenvalue weighted by Gasteiger charge is 2.29. The smallest absolute Gasteiger partial charge is 0.336 e. The zero-order chi connectivity index (χ0) is 19.6. The van der Waals surface area contributed by atoms with Crippen LogP contribution in [0.3, 0.4) is 0 Å². The zero-order valence-electron chi connectivity index (χ0n) is 15.3. The number of anilines is 1. The van der Waals surface area contributed by atoms with Crippen molar-refractivity contribution in [3.63, 3.8) is 0 Å². The van der Waals surface area contributed by atoms with E-state index in [2.05, 4.69) is 10.0 Å². The third kappa shape index (κ3) is 4.74. The van der Waals surface area contributed by atoms with E-state index in [1.807, 2.05) is 0 Å². The van der Waals surface area contributed by atoms with Gasteiger partial charge in [0.05, 0.1) is 0 Å². The maximum Gasteiger partial charge on any atom is 0.336 e. The van der Waals surface area contributed by atoms with Crippen molar-refractivity contribution in [1.82, 2.24) is 9.03 Å². The molecule has 146 valence electrons. The van der Waals surface area contributed by atoms with Crippen LogP contribution < -0.4 is 15.7 Å². The van der Waals surface area contributed by atoms with Crippen LogP contribution in [0.25, 0.3) is 11.0 Å². The lowest BCUT2D eigenvalue weighted by Gasteiger charge is -2.29. The zero-order valence-corrected chi connectivity index (χ0v) is 16.1. The molecule has 27 heavy (non-hydrogen) atoms. The van der Waals surface area contributed by atoms with E-state index >= 15 is 0 Å². The van der Waals surface area contributed by atoms with E-state index < -0.39 is 15.8 Å². The van der Waals surface area contributed by atoms with Crippen molar-refractivity contribution < 1.29 is 17.6 Å². The van der Waals surface area contributed by atoms with Gasteiger partial charge >= 0.3 is 5.63 Å². The minimum atomic E-state index is -3.46. The van der Waals surface area contributed by atoms with Crippen molar-refractivity contribution in [3.05, 3.63) is 40.8 Å². The molecule has 0 radical (unpaired) electrons. The summed E-state index contributed by atoms with van der Waals surface area (Å²) in [5, 5.41) is 3.62. The first-order valence-electron chi connectivity index (χ1n) is 8.79. The molecule has 0 aliphatic heterocycles. The van der Waals surface area contributed by atoms with Crippen LogP contribution in [0.4, 0.5) is 5.69 Å². The molecule has 0 atom stereocenters. The number of amides is 1. The van der Waals surface area contributed by atoms with Crippen LogP contribution in [0.1, 0.15) is 25.7 Å². The fraction of sp³-hybridized carbons (Fsp3) is 0.444. The summed E-state index contributed by atoms with van der Waals surface area (Å²) >= 11 is 0. The number of hydrogen-bond donors (Lipinski definition) is 2. The van der Waals surface area contributed by atoms with Crippen LogP contribution in [-0.2, 0) is 15.0 Å². The summed E-state index contributed by atoms with van der Waals surface area (Å²) in [6.07, 6.45) is 2.48. The average Bonchev–Trinajstić information content (AvgIpc) is 2.62. The molecule has 9 heteroatoms. The third-order valence-electron chi connectivity index (χ3n) is 4.78. The molecule has 3 rings (SSSR count). The Morgan fingerprint density at radius 3 is 2.48 bits per heavy atom. The van der Waals surface area contributed by atoms with Gasteiger partial charge in [-0.05, 0) is 49.9 Å².